The van der Waals surface area contributed by atoms with Gasteiger partial charge in [-0.05, 0) is 23.6 Å². The number of ketones is 1. The Morgan fingerprint density at radius 1 is 0.900 bits per heavy atom. The van der Waals surface area contributed by atoms with Crippen molar-refractivity contribution in [3.63, 3.8) is 0 Å². The molecule has 0 heterocycles. The van der Waals surface area contributed by atoms with Crippen molar-refractivity contribution in [3.8, 4) is 0 Å². The predicted molar refractivity (Wildman–Crippen MR) is 70.3 cm³/mol. The lowest BCUT2D eigenvalue weighted by molar-refractivity contribution is 0.103. The van der Waals surface area contributed by atoms with Gasteiger partial charge in [0, 0.05) is 11.1 Å². The largest absolute Gasteiger partial charge is 0.289 e. The normalized spacial score (nSPS) is 10.9. The van der Waals surface area contributed by atoms with Crippen LogP contribution in [0.3, 0.4) is 0 Å². The van der Waals surface area contributed by atoms with E-state index < -0.39 is 23.2 Å². The van der Waals surface area contributed by atoms with Crippen molar-refractivity contribution in [2.24, 2.45) is 0 Å². The number of carbonyl (C=O) groups excluding carboxylic acids is 1. The van der Waals surface area contributed by atoms with E-state index in [1.54, 1.807) is 24.3 Å². The third-order valence-electron chi connectivity index (χ3n) is 3.09. The van der Waals surface area contributed by atoms with Crippen molar-refractivity contribution in [1.29, 1.82) is 0 Å². The molecule has 0 fully saturated rings. The summed E-state index contributed by atoms with van der Waals surface area (Å²) in [7, 11) is 0. The first-order chi connectivity index (χ1) is 9.40. The maximum atomic E-state index is 13.1. The molecule has 0 amide bonds. The predicted octanol–water partition coefficient (Wildman–Crippen LogP) is 4.46. The Morgan fingerprint density at radius 2 is 1.40 bits per heavy atom. The van der Waals surface area contributed by atoms with Gasteiger partial charge in [0.15, 0.2) is 23.2 Å². The van der Waals surface area contributed by atoms with Crippen LogP contribution in [0.25, 0.3) is 0 Å². The van der Waals surface area contributed by atoms with Crippen LogP contribution in [0.2, 0.25) is 0 Å². The van der Waals surface area contributed by atoms with Gasteiger partial charge in [-0.3, -0.25) is 4.79 Å². The van der Waals surface area contributed by atoms with E-state index in [4.69, 9.17) is 0 Å². The lowest BCUT2D eigenvalue weighted by Crippen LogP contribution is -2.04. The summed E-state index contributed by atoms with van der Waals surface area (Å²) in [6.07, 6.45) is 0. The second kappa shape index (κ2) is 5.49. The van der Waals surface area contributed by atoms with Gasteiger partial charge in [-0.15, -0.1) is 0 Å². The zero-order valence-electron chi connectivity index (χ0n) is 11.1. The number of hydrogen-bond donors (Lipinski definition) is 0. The molecule has 4 heteroatoms. The first-order valence-electron chi connectivity index (χ1n) is 6.19. The van der Waals surface area contributed by atoms with Gasteiger partial charge in [0.25, 0.3) is 0 Å². The fourth-order valence-electron chi connectivity index (χ4n) is 1.87. The van der Waals surface area contributed by atoms with E-state index in [2.05, 4.69) is 0 Å². The van der Waals surface area contributed by atoms with E-state index in [-0.39, 0.29) is 5.56 Å². The average molecular weight is 278 g/mol. The van der Waals surface area contributed by atoms with E-state index >= 15 is 0 Å². The molecule has 0 aromatic heterocycles. The lowest BCUT2D eigenvalue weighted by Gasteiger charge is -2.07. The highest BCUT2D eigenvalue weighted by Gasteiger charge is 2.16. The van der Waals surface area contributed by atoms with Crippen LogP contribution in [-0.4, -0.2) is 5.78 Å². The van der Waals surface area contributed by atoms with E-state index in [0.29, 0.717) is 23.6 Å². The number of carbonyl (C=O) groups is 1. The SMILES string of the molecule is CC(C)c1ccc(C(=O)c2cc(F)c(F)c(F)c2)cc1. The highest BCUT2D eigenvalue weighted by molar-refractivity contribution is 6.09. The first-order valence-corrected chi connectivity index (χ1v) is 6.19. The summed E-state index contributed by atoms with van der Waals surface area (Å²) in [6, 6.07) is 8.17. The molecule has 0 radical (unpaired) electrons. The first kappa shape index (κ1) is 14.3. The number of benzene rings is 2. The van der Waals surface area contributed by atoms with E-state index in [0.717, 1.165) is 5.56 Å². The molecular formula is C16H13F3O. The van der Waals surface area contributed by atoms with Crippen molar-refractivity contribution in [1.82, 2.24) is 0 Å². The second-order valence-electron chi connectivity index (χ2n) is 4.86. The van der Waals surface area contributed by atoms with Gasteiger partial charge in [0.2, 0.25) is 0 Å². The molecule has 0 saturated carbocycles. The molecule has 0 N–H and O–H groups in total. The third kappa shape index (κ3) is 2.74. The summed E-state index contributed by atoms with van der Waals surface area (Å²) in [5.41, 5.74) is 1.15. The molecule has 1 nitrogen and oxygen atoms in total. The van der Waals surface area contributed by atoms with Gasteiger partial charge in [0.1, 0.15) is 0 Å². The number of rotatable bonds is 3. The Hall–Kier alpha value is -2.10. The molecule has 0 atom stereocenters. The number of halogens is 3. The lowest BCUT2D eigenvalue weighted by atomic mass is 9.98. The Labute approximate surface area is 115 Å². The molecule has 2 aromatic carbocycles. The smallest absolute Gasteiger partial charge is 0.194 e. The summed E-state index contributed by atoms with van der Waals surface area (Å²) in [6.45, 7) is 4.03. The van der Waals surface area contributed by atoms with Crippen LogP contribution in [0.1, 0.15) is 41.3 Å². The van der Waals surface area contributed by atoms with Gasteiger partial charge in [-0.1, -0.05) is 38.1 Å². The Kier molecular flexibility index (Phi) is 3.93. The molecule has 0 saturated heterocycles. The van der Waals surface area contributed by atoms with Crippen LogP contribution in [0, 0.1) is 17.5 Å². The highest BCUT2D eigenvalue weighted by Crippen LogP contribution is 2.19. The molecule has 2 rings (SSSR count). The Morgan fingerprint density at radius 3 is 1.85 bits per heavy atom. The fourth-order valence-corrected chi connectivity index (χ4v) is 1.87. The summed E-state index contributed by atoms with van der Waals surface area (Å²) >= 11 is 0. The molecule has 0 aliphatic rings. The van der Waals surface area contributed by atoms with Gasteiger partial charge < -0.3 is 0 Å². The molecule has 2 aromatic rings. The molecule has 0 aliphatic carbocycles. The van der Waals surface area contributed by atoms with Gasteiger partial charge >= 0.3 is 0 Å². The van der Waals surface area contributed by atoms with Gasteiger partial charge in [0.05, 0.1) is 0 Å². The Bertz CT molecular complexity index is 622. The van der Waals surface area contributed by atoms with E-state index in [1.807, 2.05) is 13.8 Å². The van der Waals surface area contributed by atoms with E-state index in [1.165, 1.54) is 0 Å². The molecule has 104 valence electrons. The third-order valence-corrected chi connectivity index (χ3v) is 3.09. The highest BCUT2D eigenvalue weighted by atomic mass is 19.2. The zero-order chi connectivity index (χ0) is 14.9. The fraction of sp³-hybridized carbons (Fsp3) is 0.188. The van der Waals surface area contributed by atoms with Crippen molar-refractivity contribution in [2.45, 2.75) is 19.8 Å². The van der Waals surface area contributed by atoms with Crippen LogP contribution in [0.15, 0.2) is 36.4 Å². The molecule has 0 unspecified atom stereocenters. The standard InChI is InChI=1S/C16H13F3O/c1-9(2)10-3-5-11(6-4-10)16(20)12-7-13(17)15(19)14(18)8-12/h3-9H,1-2H3. The van der Waals surface area contributed by atoms with Crippen LogP contribution in [0.4, 0.5) is 13.2 Å². The van der Waals surface area contributed by atoms with Crippen LogP contribution < -0.4 is 0 Å². The maximum absolute atomic E-state index is 13.1. The van der Waals surface area contributed by atoms with Gasteiger partial charge in [-0.25, -0.2) is 13.2 Å². The minimum absolute atomic E-state index is 0.210. The maximum Gasteiger partial charge on any atom is 0.194 e. The zero-order valence-corrected chi connectivity index (χ0v) is 11.1. The molecular weight excluding hydrogens is 265 g/mol. The molecule has 0 aliphatic heterocycles. The minimum atomic E-state index is -1.57. The minimum Gasteiger partial charge on any atom is -0.289 e. The molecule has 0 spiro atoms. The topological polar surface area (TPSA) is 17.1 Å². The molecule has 20 heavy (non-hydrogen) atoms. The van der Waals surface area contributed by atoms with Gasteiger partial charge in [-0.2, -0.15) is 0 Å². The van der Waals surface area contributed by atoms with E-state index in [9.17, 15) is 18.0 Å². The van der Waals surface area contributed by atoms with Crippen molar-refractivity contribution in [2.75, 3.05) is 0 Å². The molecule has 0 bridgehead atoms. The average Bonchev–Trinajstić information content (AvgIpc) is 2.43. The van der Waals surface area contributed by atoms with Crippen molar-refractivity contribution >= 4 is 5.78 Å². The quantitative estimate of drug-likeness (QED) is 0.598. The summed E-state index contributed by atoms with van der Waals surface area (Å²) in [5.74, 6) is -4.53. The summed E-state index contributed by atoms with van der Waals surface area (Å²) < 4.78 is 39.1. The summed E-state index contributed by atoms with van der Waals surface area (Å²) in [5, 5.41) is 0. The van der Waals surface area contributed by atoms with Crippen molar-refractivity contribution in [3.05, 3.63) is 70.5 Å². The Balaban J connectivity index is 2.36. The summed E-state index contributed by atoms with van der Waals surface area (Å²) in [4.78, 5) is 12.1. The van der Waals surface area contributed by atoms with Crippen LogP contribution in [-0.2, 0) is 0 Å². The second-order valence-corrected chi connectivity index (χ2v) is 4.86. The van der Waals surface area contributed by atoms with Crippen LogP contribution in [0.5, 0.6) is 0 Å². The van der Waals surface area contributed by atoms with Crippen LogP contribution >= 0.6 is 0 Å². The van der Waals surface area contributed by atoms with Crippen molar-refractivity contribution < 1.29 is 18.0 Å². The monoisotopic (exact) mass is 278 g/mol. The number of hydrogen-bond acceptors (Lipinski definition) is 1.